The number of nitriles is 1. The van der Waals surface area contributed by atoms with Gasteiger partial charge in [0.2, 0.25) is 12.7 Å². The summed E-state index contributed by atoms with van der Waals surface area (Å²) in [6.45, 7) is 0.823. The Morgan fingerprint density at radius 1 is 1.22 bits per heavy atom. The van der Waals surface area contributed by atoms with E-state index in [1.807, 2.05) is 24.3 Å². The number of carbonyl (C=O) groups is 1. The van der Waals surface area contributed by atoms with Crippen molar-refractivity contribution < 1.29 is 14.3 Å². The number of hydrogen-bond donors (Lipinski definition) is 1. The molecule has 0 unspecified atom stereocenters. The average Bonchev–Trinajstić information content (AvgIpc) is 3.03. The molecule has 6 nitrogen and oxygen atoms in total. The van der Waals surface area contributed by atoms with E-state index in [0.717, 1.165) is 16.9 Å². The first-order valence-electron chi connectivity index (χ1n) is 7.21. The topological polar surface area (TPSA) is 74.6 Å². The Bertz CT molecular complexity index is 841. The van der Waals surface area contributed by atoms with E-state index in [1.54, 1.807) is 17.0 Å². The molecular formula is C17H13N3O3. The van der Waals surface area contributed by atoms with Gasteiger partial charge in [-0.15, -0.1) is 0 Å². The summed E-state index contributed by atoms with van der Waals surface area (Å²) in [4.78, 5) is 14.0. The second-order valence-electron chi connectivity index (χ2n) is 5.37. The molecule has 1 N–H and O–H groups in total. The van der Waals surface area contributed by atoms with Crippen LogP contribution in [0.25, 0.3) is 0 Å². The predicted molar refractivity (Wildman–Crippen MR) is 83.4 cm³/mol. The molecule has 0 bridgehead atoms. The third-order valence-corrected chi connectivity index (χ3v) is 3.91. The summed E-state index contributed by atoms with van der Waals surface area (Å²) in [6.07, 6.45) is 0. The number of ether oxygens (including phenoxy) is 2. The number of benzene rings is 2. The molecule has 2 heterocycles. The molecule has 2 aliphatic heterocycles. The monoisotopic (exact) mass is 307 g/mol. The lowest BCUT2D eigenvalue weighted by molar-refractivity contribution is -0.117. The number of amides is 1. The first-order chi connectivity index (χ1) is 11.2. The number of anilines is 2. The van der Waals surface area contributed by atoms with Crippen molar-refractivity contribution in [2.24, 2.45) is 0 Å². The number of nitrogens with zero attached hydrogens (tertiary/aromatic N) is 2. The van der Waals surface area contributed by atoms with Crippen molar-refractivity contribution in [3.05, 3.63) is 47.5 Å². The standard InChI is InChI=1S/C17H13N3O3/c18-7-11-2-1-3-12(4-11)9-20-14-6-16-15(22-10-23-16)5-13(14)19-8-17(20)21/h1-6,19H,8-10H2. The zero-order valence-electron chi connectivity index (χ0n) is 12.2. The Morgan fingerprint density at radius 3 is 2.87 bits per heavy atom. The number of nitrogens with one attached hydrogen (secondary N) is 1. The van der Waals surface area contributed by atoms with E-state index in [9.17, 15) is 4.79 Å². The van der Waals surface area contributed by atoms with Gasteiger partial charge in [0.05, 0.1) is 36.1 Å². The maximum atomic E-state index is 12.3. The molecule has 0 fully saturated rings. The maximum Gasteiger partial charge on any atom is 0.246 e. The van der Waals surface area contributed by atoms with Gasteiger partial charge in [-0.05, 0) is 17.7 Å². The van der Waals surface area contributed by atoms with Gasteiger partial charge in [0.15, 0.2) is 11.5 Å². The Hall–Kier alpha value is -3.20. The van der Waals surface area contributed by atoms with Gasteiger partial charge in [-0.1, -0.05) is 12.1 Å². The van der Waals surface area contributed by atoms with Crippen molar-refractivity contribution in [3.63, 3.8) is 0 Å². The van der Waals surface area contributed by atoms with E-state index in [-0.39, 0.29) is 19.2 Å². The van der Waals surface area contributed by atoms with E-state index < -0.39 is 0 Å². The smallest absolute Gasteiger partial charge is 0.246 e. The summed E-state index contributed by atoms with van der Waals surface area (Å²) in [5.41, 5.74) is 3.08. The SMILES string of the molecule is N#Cc1cccc(CN2C(=O)CNc3cc4c(cc32)OCO4)c1. The molecular weight excluding hydrogens is 294 g/mol. The van der Waals surface area contributed by atoms with Crippen LogP contribution in [0.3, 0.4) is 0 Å². The van der Waals surface area contributed by atoms with E-state index in [0.29, 0.717) is 23.6 Å². The normalized spacial score (nSPS) is 14.9. The molecule has 0 aliphatic carbocycles. The van der Waals surface area contributed by atoms with Crippen LogP contribution >= 0.6 is 0 Å². The Labute approximate surface area is 132 Å². The Kier molecular flexibility index (Phi) is 3.05. The summed E-state index contributed by atoms with van der Waals surface area (Å²) in [5.74, 6) is 1.28. The van der Waals surface area contributed by atoms with Crippen LogP contribution < -0.4 is 19.7 Å². The number of rotatable bonds is 2. The van der Waals surface area contributed by atoms with Crippen molar-refractivity contribution in [2.45, 2.75) is 6.54 Å². The highest BCUT2D eigenvalue weighted by molar-refractivity contribution is 6.03. The second-order valence-corrected chi connectivity index (χ2v) is 5.37. The summed E-state index contributed by atoms with van der Waals surface area (Å²) in [6, 6.07) is 13.0. The van der Waals surface area contributed by atoms with Crippen LogP contribution in [0.15, 0.2) is 36.4 Å². The molecule has 4 rings (SSSR count). The molecule has 0 radical (unpaired) electrons. The fourth-order valence-corrected chi connectivity index (χ4v) is 2.79. The van der Waals surface area contributed by atoms with Gasteiger partial charge in [0, 0.05) is 12.1 Å². The lowest BCUT2D eigenvalue weighted by atomic mass is 10.1. The van der Waals surface area contributed by atoms with Gasteiger partial charge < -0.3 is 19.7 Å². The van der Waals surface area contributed by atoms with Crippen LogP contribution in [0.2, 0.25) is 0 Å². The molecule has 114 valence electrons. The fraction of sp³-hybridized carbons (Fsp3) is 0.176. The zero-order valence-corrected chi connectivity index (χ0v) is 12.2. The molecule has 2 aliphatic rings. The second kappa shape index (κ2) is 5.21. The van der Waals surface area contributed by atoms with E-state index in [4.69, 9.17) is 14.7 Å². The molecule has 0 spiro atoms. The highest BCUT2D eigenvalue weighted by Crippen LogP contribution is 2.42. The largest absolute Gasteiger partial charge is 0.454 e. The van der Waals surface area contributed by atoms with Gasteiger partial charge >= 0.3 is 0 Å². The number of hydrogen-bond acceptors (Lipinski definition) is 5. The molecule has 0 saturated heterocycles. The van der Waals surface area contributed by atoms with E-state index in [2.05, 4.69) is 11.4 Å². The number of carbonyl (C=O) groups excluding carboxylic acids is 1. The molecule has 2 aromatic rings. The van der Waals surface area contributed by atoms with Crippen molar-refractivity contribution in [1.82, 2.24) is 0 Å². The predicted octanol–water partition coefficient (Wildman–Crippen LogP) is 2.25. The number of fused-ring (bicyclic) bond motifs is 2. The molecule has 23 heavy (non-hydrogen) atoms. The van der Waals surface area contributed by atoms with Crippen LogP contribution in [0, 0.1) is 11.3 Å². The molecule has 1 amide bonds. The summed E-state index contributed by atoms with van der Waals surface area (Å²) >= 11 is 0. The molecule has 0 atom stereocenters. The van der Waals surface area contributed by atoms with Gasteiger partial charge in [0.25, 0.3) is 0 Å². The molecule has 2 aromatic carbocycles. The van der Waals surface area contributed by atoms with Crippen molar-refractivity contribution in [1.29, 1.82) is 5.26 Å². The Morgan fingerprint density at radius 2 is 2.04 bits per heavy atom. The molecule has 0 saturated carbocycles. The lowest BCUT2D eigenvalue weighted by Gasteiger charge is -2.30. The highest BCUT2D eigenvalue weighted by atomic mass is 16.7. The highest BCUT2D eigenvalue weighted by Gasteiger charge is 2.27. The Balaban J connectivity index is 1.71. The van der Waals surface area contributed by atoms with Gasteiger partial charge in [-0.25, -0.2) is 0 Å². The average molecular weight is 307 g/mol. The van der Waals surface area contributed by atoms with Gasteiger partial charge in [-0.2, -0.15) is 5.26 Å². The summed E-state index contributed by atoms with van der Waals surface area (Å²) in [5, 5.41) is 12.1. The van der Waals surface area contributed by atoms with Crippen molar-refractivity contribution >= 4 is 17.3 Å². The van der Waals surface area contributed by atoms with E-state index >= 15 is 0 Å². The minimum atomic E-state index is -0.0290. The van der Waals surface area contributed by atoms with Gasteiger partial charge in [0.1, 0.15) is 0 Å². The molecule has 0 aromatic heterocycles. The minimum absolute atomic E-state index is 0.0290. The van der Waals surface area contributed by atoms with Crippen molar-refractivity contribution in [3.8, 4) is 17.6 Å². The van der Waals surface area contributed by atoms with Crippen LogP contribution in [0.5, 0.6) is 11.5 Å². The van der Waals surface area contributed by atoms with Crippen LogP contribution in [-0.4, -0.2) is 19.2 Å². The van der Waals surface area contributed by atoms with Crippen LogP contribution in [-0.2, 0) is 11.3 Å². The van der Waals surface area contributed by atoms with Crippen molar-refractivity contribution in [2.75, 3.05) is 23.6 Å². The van der Waals surface area contributed by atoms with Crippen LogP contribution in [0.4, 0.5) is 11.4 Å². The quantitative estimate of drug-likeness (QED) is 0.921. The molecule has 6 heteroatoms. The fourth-order valence-electron chi connectivity index (χ4n) is 2.79. The first kappa shape index (κ1) is 13.5. The van der Waals surface area contributed by atoms with Gasteiger partial charge in [-0.3, -0.25) is 4.79 Å². The van der Waals surface area contributed by atoms with Crippen LogP contribution in [0.1, 0.15) is 11.1 Å². The van der Waals surface area contributed by atoms with E-state index in [1.165, 1.54) is 0 Å². The maximum absolute atomic E-state index is 12.3. The minimum Gasteiger partial charge on any atom is -0.454 e. The lowest BCUT2D eigenvalue weighted by Crippen LogP contribution is -2.39. The summed E-state index contributed by atoms with van der Waals surface area (Å²) < 4.78 is 10.8. The zero-order chi connectivity index (χ0) is 15.8. The third kappa shape index (κ3) is 2.32. The first-order valence-corrected chi connectivity index (χ1v) is 7.21. The summed E-state index contributed by atoms with van der Waals surface area (Å²) in [7, 11) is 0. The third-order valence-electron chi connectivity index (χ3n) is 3.91.